The molecule has 51 heavy (non-hydrogen) atoms. The van der Waals surface area contributed by atoms with Crippen molar-refractivity contribution in [3.8, 4) is 0 Å². The van der Waals surface area contributed by atoms with Gasteiger partial charge in [-0.2, -0.15) is 5.06 Å². The third kappa shape index (κ3) is 12.3. The number of carbonyl (C=O) groups excluding carboxylic acids is 4. The summed E-state index contributed by atoms with van der Waals surface area (Å²) < 4.78 is 5.51. The lowest BCUT2D eigenvalue weighted by molar-refractivity contribution is -0.246. The second kappa shape index (κ2) is 17.9. The molecule has 0 radical (unpaired) electrons. The molecule has 0 aromatic heterocycles. The van der Waals surface area contributed by atoms with Crippen molar-refractivity contribution in [2.24, 2.45) is 11.8 Å². The number of nitrogens with zero attached hydrogens (tertiary/aromatic N) is 2. The highest BCUT2D eigenvalue weighted by Gasteiger charge is 2.46. The van der Waals surface area contributed by atoms with Crippen LogP contribution in [0.15, 0.2) is 42.5 Å². The van der Waals surface area contributed by atoms with E-state index < -0.39 is 40.8 Å². The van der Waals surface area contributed by atoms with E-state index in [1.165, 1.54) is 5.06 Å². The van der Waals surface area contributed by atoms with Crippen LogP contribution in [0.4, 0.5) is 4.79 Å². The fraction of sp³-hybridized carbons (Fsp3) is 0.700. The van der Waals surface area contributed by atoms with E-state index in [0.717, 1.165) is 18.4 Å². The van der Waals surface area contributed by atoms with Gasteiger partial charge in [-0.25, -0.2) is 4.79 Å². The van der Waals surface area contributed by atoms with Gasteiger partial charge in [0, 0.05) is 23.7 Å². The number of hydrogen-bond acceptors (Lipinski definition) is 7. The molecule has 4 amide bonds. The Morgan fingerprint density at radius 1 is 1.00 bits per heavy atom. The highest BCUT2D eigenvalue weighted by atomic mass is 16.6. The van der Waals surface area contributed by atoms with Crippen molar-refractivity contribution in [1.29, 1.82) is 0 Å². The summed E-state index contributed by atoms with van der Waals surface area (Å²) >= 11 is 0. The Morgan fingerprint density at radius 2 is 1.63 bits per heavy atom. The Morgan fingerprint density at radius 3 is 2.20 bits per heavy atom. The molecule has 286 valence electrons. The van der Waals surface area contributed by atoms with Gasteiger partial charge in [-0.15, -0.1) is 0 Å². The summed E-state index contributed by atoms with van der Waals surface area (Å²) in [5.41, 5.74) is -0.719. The largest absolute Gasteiger partial charge is 0.444 e. The Balaban J connectivity index is 1.79. The van der Waals surface area contributed by atoms with Crippen molar-refractivity contribution < 1.29 is 29.1 Å². The maximum absolute atomic E-state index is 14.3. The van der Waals surface area contributed by atoms with Crippen LogP contribution in [-0.2, 0) is 25.5 Å². The molecular formula is C40H65N5O6. The molecule has 1 aromatic rings. The van der Waals surface area contributed by atoms with Crippen molar-refractivity contribution in [3.63, 3.8) is 0 Å². The van der Waals surface area contributed by atoms with Gasteiger partial charge in [0.1, 0.15) is 17.7 Å². The molecule has 1 aromatic carbocycles. The molecule has 2 saturated heterocycles. The summed E-state index contributed by atoms with van der Waals surface area (Å²) in [6.45, 7) is 19.6. The zero-order chi connectivity index (χ0) is 38.1. The first-order valence-corrected chi connectivity index (χ1v) is 18.9. The van der Waals surface area contributed by atoms with Crippen LogP contribution in [0.1, 0.15) is 120 Å². The van der Waals surface area contributed by atoms with E-state index in [1.54, 1.807) is 4.90 Å². The van der Waals surface area contributed by atoms with E-state index in [4.69, 9.17) is 4.74 Å². The Labute approximate surface area is 306 Å². The van der Waals surface area contributed by atoms with Crippen LogP contribution in [0.5, 0.6) is 0 Å². The highest BCUT2D eigenvalue weighted by molar-refractivity contribution is 5.93. The first kappa shape index (κ1) is 42.0. The summed E-state index contributed by atoms with van der Waals surface area (Å²) in [5, 5.41) is 21.2. The molecule has 4 atom stereocenters. The van der Waals surface area contributed by atoms with Crippen LogP contribution >= 0.6 is 0 Å². The SMILES string of the molecule is CCCC[C@@H](/C=C/[C@H](Cc1ccccc1)C(=O)N1CCC[C@H]1C(=O)N[C@@H](C(=O)NC1CC(C)(C)N(O)C(C)(C)C1)C(C)C)NC(=O)OC(C)(C)C. The number of unbranched alkanes of at least 4 members (excludes halogenated alkanes) is 1. The second-order valence-electron chi connectivity index (χ2n) is 17.0. The third-order valence-electron chi connectivity index (χ3n) is 9.83. The number of piperidine rings is 1. The van der Waals surface area contributed by atoms with Crippen molar-refractivity contribution >= 4 is 23.8 Å². The number of alkyl carbamates (subject to hydrolysis) is 1. The number of amides is 4. The Hall–Kier alpha value is -3.44. The van der Waals surface area contributed by atoms with Crippen LogP contribution in [0.2, 0.25) is 0 Å². The fourth-order valence-electron chi connectivity index (χ4n) is 7.44. The molecule has 0 saturated carbocycles. The maximum Gasteiger partial charge on any atom is 0.408 e. The zero-order valence-corrected chi connectivity index (χ0v) is 32.8. The summed E-state index contributed by atoms with van der Waals surface area (Å²) in [6, 6.07) is 7.78. The van der Waals surface area contributed by atoms with Crippen molar-refractivity contribution in [3.05, 3.63) is 48.0 Å². The minimum Gasteiger partial charge on any atom is -0.444 e. The maximum atomic E-state index is 14.3. The molecule has 11 nitrogen and oxygen atoms in total. The standard InChI is InChI=1S/C40H65N5O6/c1-11-12-19-30(42-37(49)51-38(4,5)6)22-21-29(24-28-17-14-13-15-18-28)36(48)44-23-16-20-32(44)34(46)43-33(27(2)3)35(47)41-31-25-39(7,8)45(50)40(9,10)26-31/h13-15,17-18,21-22,27,29-33,50H,11-12,16,19-20,23-26H2,1-10H3,(H,41,47)(H,42,49)(H,43,46)/b22-21+/t29-,30+,32+,33-/m1/s1. The van der Waals surface area contributed by atoms with Crippen molar-refractivity contribution in [2.75, 3.05) is 6.54 Å². The number of likely N-dealkylation sites (tertiary alicyclic amines) is 1. The Bertz CT molecular complexity index is 1340. The van der Waals surface area contributed by atoms with E-state index in [0.29, 0.717) is 45.1 Å². The van der Waals surface area contributed by atoms with Gasteiger partial charge in [-0.3, -0.25) is 14.4 Å². The second-order valence-corrected chi connectivity index (χ2v) is 17.0. The van der Waals surface area contributed by atoms with Gasteiger partial charge in [0.15, 0.2) is 0 Å². The molecule has 0 spiro atoms. The van der Waals surface area contributed by atoms with Crippen LogP contribution in [-0.4, -0.2) is 86.4 Å². The molecule has 4 N–H and O–H groups in total. The number of hydroxylamine groups is 2. The summed E-state index contributed by atoms with van der Waals surface area (Å²) in [7, 11) is 0. The minimum absolute atomic E-state index is 0.162. The van der Waals surface area contributed by atoms with Gasteiger partial charge in [-0.05, 0) is 98.5 Å². The average molecular weight is 712 g/mol. The smallest absolute Gasteiger partial charge is 0.408 e. The van der Waals surface area contributed by atoms with Gasteiger partial charge in [0.2, 0.25) is 17.7 Å². The van der Waals surface area contributed by atoms with E-state index >= 15 is 0 Å². The molecule has 2 fully saturated rings. The number of nitrogens with one attached hydrogen (secondary N) is 3. The number of ether oxygens (including phenoxy) is 1. The lowest BCUT2D eigenvalue weighted by Gasteiger charge is -2.51. The molecule has 0 bridgehead atoms. The molecule has 2 aliphatic rings. The van der Waals surface area contributed by atoms with Gasteiger partial charge < -0.3 is 30.8 Å². The molecular weight excluding hydrogens is 646 g/mol. The van der Waals surface area contributed by atoms with E-state index in [-0.39, 0.29) is 35.7 Å². The van der Waals surface area contributed by atoms with Gasteiger partial charge in [-0.1, -0.05) is 76.1 Å². The van der Waals surface area contributed by atoms with E-state index in [9.17, 15) is 24.4 Å². The third-order valence-corrected chi connectivity index (χ3v) is 9.83. The average Bonchev–Trinajstić information content (AvgIpc) is 3.52. The predicted octanol–water partition coefficient (Wildman–Crippen LogP) is 6.14. The summed E-state index contributed by atoms with van der Waals surface area (Å²) in [6.07, 6.45) is 8.51. The molecule has 0 unspecified atom stereocenters. The number of carbonyl (C=O) groups is 4. The molecule has 3 rings (SSSR count). The number of benzene rings is 1. The summed E-state index contributed by atoms with van der Waals surface area (Å²) in [5.74, 6) is -1.53. The van der Waals surface area contributed by atoms with Crippen LogP contribution in [0.25, 0.3) is 0 Å². The number of hydrogen-bond donors (Lipinski definition) is 4. The monoisotopic (exact) mass is 711 g/mol. The van der Waals surface area contributed by atoms with Crippen molar-refractivity contribution in [2.45, 2.75) is 161 Å². The lowest BCUT2D eigenvalue weighted by Crippen LogP contribution is -2.64. The van der Waals surface area contributed by atoms with Crippen LogP contribution in [0.3, 0.4) is 0 Å². The van der Waals surface area contributed by atoms with Crippen LogP contribution in [0, 0.1) is 11.8 Å². The minimum atomic E-state index is -0.785. The molecule has 2 heterocycles. The van der Waals surface area contributed by atoms with Crippen molar-refractivity contribution in [1.82, 2.24) is 25.9 Å². The fourth-order valence-corrected chi connectivity index (χ4v) is 7.44. The zero-order valence-electron chi connectivity index (χ0n) is 32.8. The van der Waals surface area contributed by atoms with Crippen LogP contribution < -0.4 is 16.0 Å². The normalized spacial score (nSPS) is 21.3. The van der Waals surface area contributed by atoms with E-state index in [2.05, 4.69) is 22.9 Å². The first-order valence-electron chi connectivity index (χ1n) is 18.9. The van der Waals surface area contributed by atoms with Gasteiger partial charge in [0.25, 0.3) is 0 Å². The Kier molecular flexibility index (Phi) is 14.7. The van der Waals surface area contributed by atoms with Gasteiger partial charge >= 0.3 is 6.09 Å². The quantitative estimate of drug-likeness (QED) is 0.170. The molecule has 11 heteroatoms. The summed E-state index contributed by atoms with van der Waals surface area (Å²) in [4.78, 5) is 56.3. The molecule has 2 aliphatic heterocycles. The molecule has 0 aliphatic carbocycles. The van der Waals surface area contributed by atoms with Gasteiger partial charge in [0.05, 0.1) is 12.0 Å². The first-order chi connectivity index (χ1) is 23.7. The highest BCUT2D eigenvalue weighted by Crippen LogP contribution is 2.36. The number of rotatable bonds is 14. The topological polar surface area (TPSA) is 140 Å². The lowest BCUT2D eigenvalue weighted by atomic mass is 9.79. The predicted molar refractivity (Wildman–Crippen MR) is 200 cm³/mol. The van der Waals surface area contributed by atoms with E-state index in [1.807, 2.05) is 105 Å².